The number of amides is 1. The molecule has 2 aromatic rings. The van der Waals surface area contributed by atoms with Crippen LogP contribution in [0.3, 0.4) is 0 Å². The van der Waals surface area contributed by atoms with E-state index in [2.05, 4.69) is 22.4 Å². The number of carbonyl (C=O) groups excluding carboxylic acids is 1. The molecular formula is C16H16N2O. The number of pyridine rings is 1. The molecule has 1 N–H and O–H groups in total. The van der Waals surface area contributed by atoms with Gasteiger partial charge in [-0.3, -0.25) is 9.78 Å². The summed E-state index contributed by atoms with van der Waals surface area (Å²) >= 11 is 0. The second-order valence-electron chi connectivity index (χ2n) is 4.90. The van der Waals surface area contributed by atoms with E-state index in [1.807, 2.05) is 36.4 Å². The fourth-order valence-corrected chi connectivity index (χ4v) is 2.36. The molecule has 0 radical (unpaired) electrons. The van der Waals surface area contributed by atoms with Gasteiger partial charge in [-0.2, -0.15) is 0 Å². The van der Waals surface area contributed by atoms with Crippen molar-refractivity contribution < 1.29 is 4.79 Å². The molecule has 0 unspecified atom stereocenters. The second-order valence-corrected chi connectivity index (χ2v) is 4.90. The van der Waals surface area contributed by atoms with Crippen LogP contribution in [0.25, 0.3) is 0 Å². The van der Waals surface area contributed by atoms with Gasteiger partial charge < -0.3 is 5.32 Å². The molecular weight excluding hydrogens is 236 g/mol. The van der Waals surface area contributed by atoms with Crippen molar-refractivity contribution in [1.82, 2.24) is 10.3 Å². The van der Waals surface area contributed by atoms with Crippen molar-refractivity contribution in [2.75, 3.05) is 0 Å². The van der Waals surface area contributed by atoms with E-state index in [-0.39, 0.29) is 11.8 Å². The van der Waals surface area contributed by atoms with Crippen LogP contribution in [0.5, 0.6) is 0 Å². The van der Waals surface area contributed by atoms with Crippen molar-refractivity contribution >= 4 is 5.91 Å². The highest BCUT2D eigenvalue weighted by Gasteiger charge is 2.43. The molecule has 96 valence electrons. The van der Waals surface area contributed by atoms with Crippen molar-refractivity contribution in [3.05, 3.63) is 66.0 Å². The first-order chi connectivity index (χ1) is 9.34. The Balaban J connectivity index is 1.53. The van der Waals surface area contributed by atoms with Crippen molar-refractivity contribution in [1.29, 1.82) is 0 Å². The Morgan fingerprint density at radius 1 is 1.16 bits per heavy atom. The van der Waals surface area contributed by atoms with E-state index in [4.69, 9.17) is 0 Å². The summed E-state index contributed by atoms with van der Waals surface area (Å²) in [5.41, 5.74) is 2.16. The van der Waals surface area contributed by atoms with Crippen molar-refractivity contribution in [2.45, 2.75) is 18.9 Å². The molecule has 1 aliphatic carbocycles. The van der Waals surface area contributed by atoms with Crippen LogP contribution in [0.15, 0.2) is 54.7 Å². The number of nitrogens with one attached hydrogen (secondary N) is 1. The van der Waals surface area contributed by atoms with Gasteiger partial charge in [0.25, 0.3) is 0 Å². The lowest BCUT2D eigenvalue weighted by Crippen LogP contribution is -2.25. The quantitative estimate of drug-likeness (QED) is 0.908. The molecule has 0 bridgehead atoms. The molecule has 3 rings (SSSR count). The molecule has 1 amide bonds. The number of nitrogens with zero attached hydrogens (tertiary/aromatic N) is 1. The summed E-state index contributed by atoms with van der Waals surface area (Å²) in [6.45, 7) is 0.512. The minimum atomic E-state index is 0.131. The molecule has 3 nitrogen and oxygen atoms in total. The van der Waals surface area contributed by atoms with Crippen molar-refractivity contribution in [3.63, 3.8) is 0 Å². The van der Waals surface area contributed by atoms with Crippen molar-refractivity contribution in [2.24, 2.45) is 5.92 Å². The second kappa shape index (κ2) is 5.22. The fourth-order valence-electron chi connectivity index (χ4n) is 2.36. The fraction of sp³-hybridized carbons (Fsp3) is 0.250. The monoisotopic (exact) mass is 252 g/mol. The first-order valence-electron chi connectivity index (χ1n) is 6.57. The van der Waals surface area contributed by atoms with E-state index in [9.17, 15) is 4.79 Å². The lowest BCUT2D eigenvalue weighted by atomic mass is 10.1. The van der Waals surface area contributed by atoms with Gasteiger partial charge in [-0.05, 0) is 30.0 Å². The Bertz CT molecular complexity index is 553. The maximum atomic E-state index is 12.0. The Morgan fingerprint density at radius 3 is 2.68 bits per heavy atom. The standard InChI is InChI=1S/C16H16N2O/c19-16(18-11-13-8-4-5-9-17-13)15-10-14(15)12-6-2-1-3-7-12/h1-9,14-15H,10-11H2,(H,18,19)/t14-,15+/m0/s1. The van der Waals surface area contributed by atoms with Gasteiger partial charge in [0.1, 0.15) is 0 Å². The zero-order chi connectivity index (χ0) is 13.1. The summed E-state index contributed by atoms with van der Waals surface area (Å²) in [5, 5.41) is 2.96. The van der Waals surface area contributed by atoms with Crippen LogP contribution in [0.4, 0.5) is 0 Å². The Hall–Kier alpha value is -2.16. The average molecular weight is 252 g/mol. The molecule has 2 atom stereocenters. The normalized spacial score (nSPS) is 20.8. The van der Waals surface area contributed by atoms with E-state index in [0.29, 0.717) is 12.5 Å². The summed E-state index contributed by atoms with van der Waals surface area (Å²) in [5.74, 6) is 0.663. The Labute approximate surface area is 112 Å². The molecule has 1 saturated carbocycles. The van der Waals surface area contributed by atoms with E-state index >= 15 is 0 Å². The van der Waals surface area contributed by atoms with Gasteiger partial charge in [0.2, 0.25) is 5.91 Å². The number of benzene rings is 1. The van der Waals surface area contributed by atoms with Crippen LogP contribution in [0.2, 0.25) is 0 Å². The molecule has 1 fully saturated rings. The molecule has 0 aliphatic heterocycles. The van der Waals surface area contributed by atoms with Gasteiger partial charge in [0.05, 0.1) is 12.2 Å². The third-order valence-corrected chi connectivity index (χ3v) is 3.52. The molecule has 19 heavy (non-hydrogen) atoms. The van der Waals surface area contributed by atoms with Crippen LogP contribution in [-0.4, -0.2) is 10.9 Å². The summed E-state index contributed by atoms with van der Waals surface area (Å²) < 4.78 is 0. The SMILES string of the molecule is O=C(NCc1ccccn1)[C@@H]1C[C@H]1c1ccccc1. The zero-order valence-electron chi connectivity index (χ0n) is 10.6. The predicted molar refractivity (Wildman–Crippen MR) is 73.4 cm³/mol. The number of rotatable bonds is 4. The third kappa shape index (κ3) is 2.81. The molecule has 1 heterocycles. The highest BCUT2D eigenvalue weighted by molar-refractivity contribution is 5.82. The topological polar surface area (TPSA) is 42.0 Å². The minimum Gasteiger partial charge on any atom is -0.350 e. The smallest absolute Gasteiger partial charge is 0.224 e. The lowest BCUT2D eigenvalue weighted by molar-refractivity contribution is -0.122. The molecule has 3 heteroatoms. The molecule has 1 aromatic heterocycles. The van der Waals surface area contributed by atoms with Gasteiger partial charge in [0.15, 0.2) is 0 Å². The van der Waals surface area contributed by atoms with E-state index in [1.54, 1.807) is 6.20 Å². The van der Waals surface area contributed by atoms with Crippen LogP contribution in [-0.2, 0) is 11.3 Å². The van der Waals surface area contributed by atoms with Gasteiger partial charge >= 0.3 is 0 Å². The minimum absolute atomic E-state index is 0.131. The largest absolute Gasteiger partial charge is 0.350 e. The average Bonchev–Trinajstić information content (AvgIpc) is 3.27. The Morgan fingerprint density at radius 2 is 1.95 bits per heavy atom. The molecule has 1 aliphatic rings. The summed E-state index contributed by atoms with van der Waals surface area (Å²) in [7, 11) is 0. The number of hydrogen-bond acceptors (Lipinski definition) is 2. The van der Waals surface area contributed by atoms with Gasteiger partial charge in [-0.15, -0.1) is 0 Å². The van der Waals surface area contributed by atoms with Gasteiger partial charge in [-0.1, -0.05) is 36.4 Å². The lowest BCUT2D eigenvalue weighted by Gasteiger charge is -2.04. The van der Waals surface area contributed by atoms with Crippen LogP contribution < -0.4 is 5.32 Å². The summed E-state index contributed by atoms with van der Waals surface area (Å²) in [4.78, 5) is 16.2. The first-order valence-corrected chi connectivity index (χ1v) is 6.57. The maximum absolute atomic E-state index is 12.0. The summed E-state index contributed by atoms with van der Waals surface area (Å²) in [6, 6.07) is 16.0. The highest BCUT2D eigenvalue weighted by atomic mass is 16.2. The van der Waals surface area contributed by atoms with Crippen molar-refractivity contribution in [3.8, 4) is 0 Å². The Kier molecular flexibility index (Phi) is 3.27. The van der Waals surface area contributed by atoms with E-state index < -0.39 is 0 Å². The third-order valence-electron chi connectivity index (χ3n) is 3.52. The molecule has 0 saturated heterocycles. The first kappa shape index (κ1) is 11.9. The molecule has 0 spiro atoms. The predicted octanol–water partition coefficient (Wildman–Crippen LogP) is 2.50. The van der Waals surface area contributed by atoms with E-state index in [0.717, 1.165) is 12.1 Å². The van der Waals surface area contributed by atoms with Gasteiger partial charge in [-0.25, -0.2) is 0 Å². The van der Waals surface area contributed by atoms with E-state index in [1.165, 1.54) is 5.56 Å². The number of carbonyl (C=O) groups is 1. The zero-order valence-corrected chi connectivity index (χ0v) is 10.6. The van der Waals surface area contributed by atoms with Crippen LogP contribution in [0.1, 0.15) is 23.6 Å². The van der Waals surface area contributed by atoms with Gasteiger partial charge in [0, 0.05) is 12.1 Å². The number of hydrogen-bond donors (Lipinski definition) is 1. The summed E-state index contributed by atoms with van der Waals surface area (Å²) in [6.07, 6.45) is 2.70. The number of aromatic nitrogens is 1. The maximum Gasteiger partial charge on any atom is 0.224 e. The van der Waals surface area contributed by atoms with Crippen LogP contribution in [0, 0.1) is 5.92 Å². The van der Waals surface area contributed by atoms with Crippen LogP contribution >= 0.6 is 0 Å². The molecule has 1 aromatic carbocycles. The highest BCUT2D eigenvalue weighted by Crippen LogP contribution is 2.47.